The average molecular weight is 416 g/mol. The molecule has 2 saturated heterocycles. The van der Waals surface area contributed by atoms with Crippen LogP contribution in [0.3, 0.4) is 0 Å². The number of nitrogens with zero attached hydrogens (tertiary/aromatic N) is 2. The Morgan fingerprint density at radius 2 is 1.80 bits per heavy atom. The average Bonchev–Trinajstić information content (AvgIpc) is 3.59. The minimum absolute atomic E-state index is 0.0631. The van der Waals surface area contributed by atoms with E-state index >= 15 is 0 Å². The number of carbonyl (C=O) groups is 2. The van der Waals surface area contributed by atoms with E-state index in [1.54, 1.807) is 31.4 Å². The topological polar surface area (TPSA) is 71.1 Å². The highest BCUT2D eigenvalue weighted by Crippen LogP contribution is 2.31. The molecule has 1 saturated carbocycles. The van der Waals surface area contributed by atoms with Crippen molar-refractivity contribution < 1.29 is 19.1 Å². The third-order valence-electron chi connectivity index (χ3n) is 6.46. The molecule has 3 fully saturated rings. The van der Waals surface area contributed by atoms with Gasteiger partial charge in [0, 0.05) is 31.7 Å². The molecule has 30 heavy (non-hydrogen) atoms. The first-order valence-electron chi connectivity index (χ1n) is 11.1. The number of benzene rings is 1. The molecule has 2 heterocycles. The second-order valence-corrected chi connectivity index (χ2v) is 8.86. The quantitative estimate of drug-likeness (QED) is 0.701. The van der Waals surface area contributed by atoms with Gasteiger partial charge in [0.1, 0.15) is 12.4 Å². The lowest BCUT2D eigenvalue weighted by Crippen LogP contribution is -2.52. The van der Waals surface area contributed by atoms with E-state index in [0.717, 1.165) is 44.1 Å². The summed E-state index contributed by atoms with van der Waals surface area (Å²) < 4.78 is 10.8. The Morgan fingerprint density at radius 1 is 1.10 bits per heavy atom. The summed E-state index contributed by atoms with van der Waals surface area (Å²) in [6.45, 7) is 5.42. The lowest BCUT2D eigenvalue weighted by atomic mass is 9.95. The van der Waals surface area contributed by atoms with Crippen LogP contribution in [0.4, 0.5) is 0 Å². The zero-order valence-corrected chi connectivity index (χ0v) is 17.8. The predicted octanol–water partition coefficient (Wildman–Crippen LogP) is 1.77. The van der Waals surface area contributed by atoms with E-state index < -0.39 is 0 Å². The number of rotatable bonds is 8. The lowest BCUT2D eigenvalue weighted by molar-refractivity contribution is -0.149. The Morgan fingerprint density at radius 3 is 2.47 bits per heavy atom. The molecule has 4 rings (SSSR count). The van der Waals surface area contributed by atoms with Crippen LogP contribution in [0.5, 0.6) is 5.75 Å². The summed E-state index contributed by atoms with van der Waals surface area (Å²) in [5.41, 5.74) is 0.581. The summed E-state index contributed by atoms with van der Waals surface area (Å²) >= 11 is 0. The number of nitrogens with one attached hydrogen (secondary N) is 1. The first-order valence-corrected chi connectivity index (χ1v) is 11.1. The maximum Gasteiger partial charge on any atom is 0.251 e. The fraction of sp³-hybridized carbons (Fsp3) is 0.652. The number of piperidine rings is 1. The third-order valence-corrected chi connectivity index (χ3v) is 6.46. The van der Waals surface area contributed by atoms with Gasteiger partial charge in [-0.15, -0.1) is 0 Å². The maximum atomic E-state index is 12.4. The molecular formula is C23H33N3O4. The Balaban J connectivity index is 1.21. The Bertz CT molecular complexity index is 726. The highest BCUT2D eigenvalue weighted by Gasteiger charge is 2.31. The summed E-state index contributed by atoms with van der Waals surface area (Å²) in [6, 6.07) is 7.01. The van der Waals surface area contributed by atoms with Crippen LogP contribution in [0.15, 0.2) is 24.3 Å². The molecule has 1 atom stereocenters. The lowest BCUT2D eigenvalue weighted by Gasteiger charge is -2.38. The van der Waals surface area contributed by atoms with Crippen molar-refractivity contribution in [1.29, 1.82) is 0 Å². The molecule has 3 aliphatic rings. The van der Waals surface area contributed by atoms with Gasteiger partial charge in [0.2, 0.25) is 5.91 Å². The van der Waals surface area contributed by atoms with Gasteiger partial charge in [0.25, 0.3) is 5.91 Å². The Labute approximate surface area is 178 Å². The molecule has 0 spiro atoms. The van der Waals surface area contributed by atoms with Gasteiger partial charge >= 0.3 is 0 Å². The largest absolute Gasteiger partial charge is 0.497 e. The molecule has 2 amide bonds. The second kappa shape index (κ2) is 9.79. The van der Waals surface area contributed by atoms with Gasteiger partial charge in [-0.05, 0) is 74.9 Å². The van der Waals surface area contributed by atoms with Crippen LogP contribution < -0.4 is 10.1 Å². The number of morpholine rings is 1. The van der Waals surface area contributed by atoms with E-state index in [-0.39, 0.29) is 24.5 Å². The summed E-state index contributed by atoms with van der Waals surface area (Å²) in [6.07, 6.45) is 4.96. The number of amides is 2. The van der Waals surface area contributed by atoms with Crippen LogP contribution >= 0.6 is 0 Å². The molecule has 7 nitrogen and oxygen atoms in total. The van der Waals surface area contributed by atoms with Crippen molar-refractivity contribution in [1.82, 2.24) is 15.1 Å². The maximum absolute atomic E-state index is 12.4. The number of likely N-dealkylation sites (tertiary alicyclic amines) is 1. The minimum atomic E-state index is -0.167. The zero-order valence-electron chi connectivity index (χ0n) is 17.8. The monoisotopic (exact) mass is 415 g/mol. The summed E-state index contributed by atoms with van der Waals surface area (Å²) in [5.74, 6) is 2.14. The molecule has 164 valence electrons. The van der Waals surface area contributed by atoms with Crippen LogP contribution in [0.1, 0.15) is 36.0 Å². The van der Waals surface area contributed by atoms with Gasteiger partial charge in [0.15, 0.2) is 0 Å². The van der Waals surface area contributed by atoms with Crippen LogP contribution in [0.2, 0.25) is 0 Å². The molecule has 1 N–H and O–H groups in total. The summed E-state index contributed by atoms with van der Waals surface area (Å²) in [7, 11) is 1.60. The third kappa shape index (κ3) is 5.73. The van der Waals surface area contributed by atoms with Crippen molar-refractivity contribution >= 4 is 11.8 Å². The number of carbonyl (C=O) groups excluding carboxylic acids is 2. The predicted molar refractivity (Wildman–Crippen MR) is 114 cm³/mol. The highest BCUT2D eigenvalue weighted by atomic mass is 16.5. The van der Waals surface area contributed by atoms with Gasteiger partial charge in [-0.3, -0.25) is 9.59 Å². The van der Waals surface area contributed by atoms with Gasteiger partial charge < -0.3 is 24.6 Å². The fourth-order valence-electron chi connectivity index (χ4n) is 4.36. The van der Waals surface area contributed by atoms with Crippen molar-refractivity contribution in [3.63, 3.8) is 0 Å². The molecule has 1 aliphatic carbocycles. The van der Waals surface area contributed by atoms with Gasteiger partial charge in [-0.25, -0.2) is 0 Å². The Kier molecular flexibility index (Phi) is 6.89. The van der Waals surface area contributed by atoms with E-state index in [0.29, 0.717) is 24.6 Å². The normalized spacial score (nSPS) is 23.4. The van der Waals surface area contributed by atoms with Crippen LogP contribution in [0.25, 0.3) is 0 Å². The molecular weight excluding hydrogens is 382 g/mol. The van der Waals surface area contributed by atoms with Crippen molar-refractivity contribution in [2.24, 2.45) is 11.8 Å². The van der Waals surface area contributed by atoms with Crippen LogP contribution in [0, 0.1) is 11.8 Å². The van der Waals surface area contributed by atoms with Crippen LogP contribution in [-0.2, 0) is 9.53 Å². The number of hydrogen-bond donors (Lipinski definition) is 1. The molecule has 7 heteroatoms. The smallest absolute Gasteiger partial charge is 0.251 e. The minimum Gasteiger partial charge on any atom is -0.497 e. The molecule has 1 aromatic rings. The van der Waals surface area contributed by atoms with Crippen LogP contribution in [-0.4, -0.2) is 80.7 Å². The van der Waals surface area contributed by atoms with E-state index in [4.69, 9.17) is 9.47 Å². The van der Waals surface area contributed by atoms with Gasteiger partial charge in [-0.1, -0.05) is 0 Å². The highest BCUT2D eigenvalue weighted by molar-refractivity contribution is 5.94. The molecule has 0 aromatic heterocycles. The number of methoxy groups -OCH3 is 1. The van der Waals surface area contributed by atoms with Crippen molar-refractivity contribution in [2.45, 2.75) is 31.8 Å². The van der Waals surface area contributed by atoms with Gasteiger partial charge in [0.05, 0.1) is 13.2 Å². The van der Waals surface area contributed by atoms with Crippen molar-refractivity contribution in [2.75, 3.05) is 53.0 Å². The molecule has 2 aliphatic heterocycles. The first kappa shape index (κ1) is 21.1. The van der Waals surface area contributed by atoms with Gasteiger partial charge in [-0.2, -0.15) is 0 Å². The molecule has 1 unspecified atom stereocenters. The number of ether oxygens (including phenoxy) is 2. The SMILES string of the molecule is COc1ccc(C(=O)NCC2CN(CC3CCN(CC4CC4)CC3)C(=O)CO2)cc1. The van der Waals surface area contributed by atoms with E-state index in [1.165, 1.54) is 19.4 Å². The van der Waals surface area contributed by atoms with Crippen molar-refractivity contribution in [3.05, 3.63) is 29.8 Å². The van der Waals surface area contributed by atoms with E-state index in [2.05, 4.69) is 10.2 Å². The fourth-order valence-corrected chi connectivity index (χ4v) is 4.36. The molecule has 0 radical (unpaired) electrons. The summed E-state index contributed by atoms with van der Waals surface area (Å²) in [4.78, 5) is 29.2. The summed E-state index contributed by atoms with van der Waals surface area (Å²) in [5, 5.41) is 2.93. The Hall–Kier alpha value is -2.12. The van der Waals surface area contributed by atoms with E-state index in [1.807, 2.05) is 4.90 Å². The second-order valence-electron chi connectivity index (χ2n) is 8.86. The number of hydrogen-bond acceptors (Lipinski definition) is 5. The molecule has 1 aromatic carbocycles. The first-order chi connectivity index (χ1) is 14.6. The van der Waals surface area contributed by atoms with Crippen molar-refractivity contribution in [3.8, 4) is 5.75 Å². The van der Waals surface area contributed by atoms with E-state index in [9.17, 15) is 9.59 Å². The standard InChI is InChI=1S/C23H33N3O4/c1-29-20-6-4-19(5-7-20)23(28)24-12-21-15-26(22(27)16-30-21)14-18-8-10-25(11-9-18)13-17-2-3-17/h4-7,17-18,21H,2-3,8-16H2,1H3,(H,24,28). The molecule has 0 bridgehead atoms. The zero-order chi connectivity index (χ0) is 20.9.